The smallest absolute Gasteiger partial charge is 0.276 e. The predicted octanol–water partition coefficient (Wildman–Crippen LogP) is 5.90. The molecule has 6 nitrogen and oxygen atoms in total. The van der Waals surface area contributed by atoms with Crippen LogP contribution >= 0.6 is 34.5 Å². The number of hydrogen-bond donors (Lipinski definition) is 2. The van der Waals surface area contributed by atoms with Gasteiger partial charge in [-0.3, -0.25) is 14.3 Å². The van der Waals surface area contributed by atoms with Crippen LogP contribution in [-0.4, -0.2) is 21.6 Å². The second-order valence-electron chi connectivity index (χ2n) is 7.64. The van der Waals surface area contributed by atoms with E-state index in [1.807, 2.05) is 6.92 Å². The number of carbonyl (C=O) groups is 2. The summed E-state index contributed by atoms with van der Waals surface area (Å²) in [6.45, 7) is 4.82. The van der Waals surface area contributed by atoms with Gasteiger partial charge in [-0.05, 0) is 61.9 Å². The van der Waals surface area contributed by atoms with Gasteiger partial charge in [-0.2, -0.15) is 5.10 Å². The number of nitrogens with zero attached hydrogens (tertiary/aromatic N) is 2. The van der Waals surface area contributed by atoms with Crippen LogP contribution < -0.4 is 10.6 Å². The highest BCUT2D eigenvalue weighted by atomic mass is 35.5. The number of fused-ring (bicyclic) bond motifs is 1. The van der Waals surface area contributed by atoms with Gasteiger partial charge in [-0.25, -0.2) is 0 Å². The molecule has 4 rings (SSSR count). The molecule has 0 fully saturated rings. The first kappa shape index (κ1) is 21.9. The van der Waals surface area contributed by atoms with Crippen molar-refractivity contribution in [1.29, 1.82) is 0 Å². The number of carbonyl (C=O) groups excluding carboxylic acids is 2. The molecule has 1 aliphatic carbocycles. The fourth-order valence-corrected chi connectivity index (χ4v) is 5.42. The fourth-order valence-electron chi connectivity index (χ4n) is 3.68. The Labute approximate surface area is 194 Å². The summed E-state index contributed by atoms with van der Waals surface area (Å²) < 4.78 is 1.69. The van der Waals surface area contributed by atoms with Crippen LogP contribution in [0.1, 0.15) is 51.6 Å². The van der Waals surface area contributed by atoms with Gasteiger partial charge in [0, 0.05) is 22.6 Å². The Kier molecular flexibility index (Phi) is 6.36. The van der Waals surface area contributed by atoms with Crippen LogP contribution in [0.3, 0.4) is 0 Å². The molecule has 0 aliphatic heterocycles. The third-order valence-electron chi connectivity index (χ3n) is 5.34. The number of amides is 2. The van der Waals surface area contributed by atoms with Gasteiger partial charge in [0.15, 0.2) is 5.69 Å². The van der Waals surface area contributed by atoms with Crippen molar-refractivity contribution in [2.24, 2.45) is 5.92 Å². The van der Waals surface area contributed by atoms with E-state index in [9.17, 15) is 9.59 Å². The summed E-state index contributed by atoms with van der Waals surface area (Å²) in [7, 11) is 0. The number of anilines is 2. The molecule has 0 radical (unpaired) electrons. The topological polar surface area (TPSA) is 76.0 Å². The lowest BCUT2D eigenvalue weighted by Gasteiger charge is -2.19. The number of nitrogens with one attached hydrogen (secondary N) is 2. The molecular weight excluding hydrogens is 455 g/mol. The zero-order valence-electron chi connectivity index (χ0n) is 17.2. The van der Waals surface area contributed by atoms with Crippen LogP contribution in [0, 0.1) is 5.92 Å². The van der Waals surface area contributed by atoms with Crippen molar-refractivity contribution < 1.29 is 9.59 Å². The zero-order valence-corrected chi connectivity index (χ0v) is 19.5. The molecule has 1 aliphatic rings. The number of thiophene rings is 1. The average molecular weight is 477 g/mol. The number of aromatic nitrogens is 2. The predicted molar refractivity (Wildman–Crippen MR) is 126 cm³/mol. The van der Waals surface area contributed by atoms with Crippen LogP contribution in [0.25, 0.3) is 0 Å². The zero-order chi connectivity index (χ0) is 22.1. The van der Waals surface area contributed by atoms with Crippen LogP contribution in [-0.2, 0) is 19.4 Å². The quantitative estimate of drug-likeness (QED) is 0.480. The van der Waals surface area contributed by atoms with Crippen molar-refractivity contribution in [1.82, 2.24) is 9.78 Å². The SMILES string of the molecule is CCn1ccc(C(=O)Nc2sc3c(c2C(=O)Nc2cc(Cl)ccc2Cl)CCC(C)C3)n1. The highest BCUT2D eigenvalue weighted by Gasteiger charge is 2.29. The highest BCUT2D eigenvalue weighted by molar-refractivity contribution is 7.17. The van der Waals surface area contributed by atoms with E-state index >= 15 is 0 Å². The molecule has 162 valence electrons. The lowest BCUT2D eigenvalue weighted by atomic mass is 9.88. The van der Waals surface area contributed by atoms with E-state index in [0.29, 0.717) is 44.5 Å². The lowest BCUT2D eigenvalue weighted by Crippen LogP contribution is -2.20. The van der Waals surface area contributed by atoms with E-state index in [0.717, 1.165) is 29.7 Å². The second kappa shape index (κ2) is 9.02. The van der Waals surface area contributed by atoms with E-state index in [1.165, 1.54) is 11.3 Å². The molecule has 0 saturated carbocycles. The summed E-state index contributed by atoms with van der Waals surface area (Å²) in [6.07, 6.45) is 4.43. The number of hydrogen-bond acceptors (Lipinski definition) is 4. The highest BCUT2D eigenvalue weighted by Crippen LogP contribution is 2.40. The van der Waals surface area contributed by atoms with Gasteiger partial charge < -0.3 is 10.6 Å². The summed E-state index contributed by atoms with van der Waals surface area (Å²) in [5.74, 6) is -0.118. The summed E-state index contributed by atoms with van der Waals surface area (Å²) in [5, 5.41) is 11.4. The lowest BCUT2D eigenvalue weighted by molar-refractivity contribution is 0.102. The molecule has 1 unspecified atom stereocenters. The third-order valence-corrected chi connectivity index (χ3v) is 7.07. The number of benzene rings is 1. The molecule has 31 heavy (non-hydrogen) atoms. The van der Waals surface area contributed by atoms with Crippen LogP contribution in [0.4, 0.5) is 10.7 Å². The Bertz CT molecular complexity index is 1150. The van der Waals surface area contributed by atoms with E-state index in [2.05, 4.69) is 22.7 Å². The van der Waals surface area contributed by atoms with Gasteiger partial charge in [-0.15, -0.1) is 11.3 Å². The van der Waals surface area contributed by atoms with Crippen molar-refractivity contribution >= 4 is 57.0 Å². The maximum atomic E-state index is 13.3. The Balaban J connectivity index is 1.67. The standard InChI is InChI=1S/C22H22Cl2N4O2S/c1-3-28-9-8-16(27-28)20(29)26-22-19(14-6-4-12(2)10-18(14)31-22)21(30)25-17-11-13(23)5-7-15(17)24/h5,7-9,11-12H,3-4,6,10H2,1-2H3,(H,25,30)(H,26,29). The minimum Gasteiger partial charge on any atom is -0.320 e. The maximum absolute atomic E-state index is 13.3. The second-order valence-corrected chi connectivity index (χ2v) is 9.59. The molecule has 3 aromatic rings. The normalized spacial score (nSPS) is 15.4. The molecular formula is C22H22Cl2N4O2S. The van der Waals surface area contributed by atoms with Crippen molar-refractivity contribution in [2.45, 2.75) is 39.7 Å². The molecule has 0 bridgehead atoms. The minimum absolute atomic E-state index is 0.311. The first-order chi connectivity index (χ1) is 14.9. The monoisotopic (exact) mass is 476 g/mol. The molecule has 1 atom stereocenters. The van der Waals surface area contributed by atoms with Crippen molar-refractivity contribution in [2.75, 3.05) is 10.6 Å². The Morgan fingerprint density at radius 3 is 2.77 bits per heavy atom. The summed E-state index contributed by atoms with van der Waals surface area (Å²) in [6, 6.07) is 6.57. The average Bonchev–Trinajstić information content (AvgIpc) is 3.34. The fraction of sp³-hybridized carbons (Fsp3) is 0.318. The molecule has 2 aromatic heterocycles. The third kappa shape index (κ3) is 4.63. The van der Waals surface area contributed by atoms with Crippen molar-refractivity contribution in [3.05, 3.63) is 62.2 Å². The molecule has 0 saturated heterocycles. The van der Waals surface area contributed by atoms with E-state index in [1.54, 1.807) is 35.1 Å². The molecule has 1 aromatic carbocycles. The first-order valence-corrected chi connectivity index (χ1v) is 11.7. The van der Waals surface area contributed by atoms with Crippen molar-refractivity contribution in [3.63, 3.8) is 0 Å². The Hall–Kier alpha value is -2.35. The van der Waals surface area contributed by atoms with Gasteiger partial charge in [0.1, 0.15) is 5.00 Å². The van der Waals surface area contributed by atoms with Crippen molar-refractivity contribution in [3.8, 4) is 0 Å². The molecule has 2 heterocycles. The van der Waals surface area contributed by atoms with Gasteiger partial charge in [-0.1, -0.05) is 30.1 Å². The molecule has 9 heteroatoms. The largest absolute Gasteiger partial charge is 0.320 e. The van der Waals surface area contributed by atoms with Gasteiger partial charge >= 0.3 is 0 Å². The summed E-state index contributed by atoms with van der Waals surface area (Å²) in [5.41, 5.74) is 2.23. The van der Waals surface area contributed by atoms with Crippen LogP contribution in [0.2, 0.25) is 10.0 Å². The van der Waals surface area contributed by atoms with Crippen LogP contribution in [0.15, 0.2) is 30.5 Å². The number of rotatable bonds is 5. The van der Waals surface area contributed by atoms with Gasteiger partial charge in [0.05, 0.1) is 16.3 Å². The number of halogens is 2. The number of aryl methyl sites for hydroxylation is 1. The molecule has 2 amide bonds. The first-order valence-electron chi connectivity index (χ1n) is 10.1. The van der Waals surface area contributed by atoms with E-state index in [4.69, 9.17) is 23.2 Å². The maximum Gasteiger partial charge on any atom is 0.276 e. The van der Waals surface area contributed by atoms with Crippen LogP contribution in [0.5, 0.6) is 0 Å². The molecule has 0 spiro atoms. The summed E-state index contributed by atoms with van der Waals surface area (Å²) in [4.78, 5) is 27.2. The summed E-state index contributed by atoms with van der Waals surface area (Å²) >= 11 is 13.8. The van der Waals surface area contributed by atoms with E-state index in [-0.39, 0.29) is 11.8 Å². The van der Waals surface area contributed by atoms with E-state index < -0.39 is 0 Å². The minimum atomic E-state index is -0.339. The molecule has 2 N–H and O–H groups in total. The van der Waals surface area contributed by atoms with Gasteiger partial charge in [0.25, 0.3) is 11.8 Å². The Morgan fingerprint density at radius 1 is 1.23 bits per heavy atom. The van der Waals surface area contributed by atoms with Gasteiger partial charge in [0.2, 0.25) is 0 Å². The Morgan fingerprint density at radius 2 is 2.03 bits per heavy atom.